The van der Waals surface area contributed by atoms with Gasteiger partial charge >= 0.3 is 0 Å². The molecule has 134 valence electrons. The van der Waals surface area contributed by atoms with Gasteiger partial charge in [0.15, 0.2) is 4.80 Å². The average molecular weight is 374 g/mol. The van der Waals surface area contributed by atoms with E-state index in [0.717, 1.165) is 15.6 Å². The topological polar surface area (TPSA) is 43.6 Å². The van der Waals surface area contributed by atoms with Crippen LogP contribution >= 0.6 is 11.3 Å². The van der Waals surface area contributed by atoms with E-state index >= 15 is 0 Å². The number of thiazole rings is 1. The monoisotopic (exact) mass is 374 g/mol. The number of aromatic nitrogens is 1. The maximum atomic E-state index is 12.7. The first kappa shape index (κ1) is 17.2. The molecule has 0 unspecified atom stereocenters. The second-order valence-corrected chi connectivity index (χ2v) is 7.04. The fourth-order valence-electron chi connectivity index (χ4n) is 3.07. The van der Waals surface area contributed by atoms with Crippen molar-refractivity contribution in [1.29, 1.82) is 0 Å². The van der Waals surface area contributed by atoms with Gasteiger partial charge < -0.3 is 9.30 Å². The Bertz CT molecular complexity index is 1220. The molecule has 0 saturated heterocycles. The van der Waals surface area contributed by atoms with Crippen LogP contribution in [0.2, 0.25) is 0 Å². The molecule has 0 fully saturated rings. The summed E-state index contributed by atoms with van der Waals surface area (Å²) in [6.07, 6.45) is 1.82. The van der Waals surface area contributed by atoms with E-state index in [1.165, 1.54) is 16.7 Å². The average Bonchev–Trinajstić information content (AvgIpc) is 3.06. The Labute approximate surface area is 160 Å². The Morgan fingerprint density at radius 1 is 1.15 bits per heavy atom. The van der Waals surface area contributed by atoms with Gasteiger partial charge in [-0.3, -0.25) is 4.79 Å². The summed E-state index contributed by atoms with van der Waals surface area (Å²) in [5.41, 5.74) is 1.59. The first-order chi connectivity index (χ1) is 13.2. The molecule has 0 aliphatic heterocycles. The fraction of sp³-hybridized carbons (Fsp3) is 0.0909. The van der Waals surface area contributed by atoms with Crippen molar-refractivity contribution >= 4 is 38.2 Å². The summed E-state index contributed by atoms with van der Waals surface area (Å²) in [6.45, 7) is 4.44. The number of hydrogen-bond donors (Lipinski definition) is 0. The molecule has 1 amide bonds. The van der Waals surface area contributed by atoms with Gasteiger partial charge in [-0.05, 0) is 35.7 Å². The predicted molar refractivity (Wildman–Crippen MR) is 110 cm³/mol. The molecule has 0 saturated carbocycles. The van der Waals surface area contributed by atoms with Crippen LogP contribution in [-0.4, -0.2) is 17.6 Å². The van der Waals surface area contributed by atoms with Crippen molar-refractivity contribution < 1.29 is 9.53 Å². The van der Waals surface area contributed by atoms with Crippen molar-refractivity contribution in [3.8, 4) is 5.75 Å². The highest BCUT2D eigenvalue weighted by molar-refractivity contribution is 7.17. The molecule has 4 aromatic rings. The maximum Gasteiger partial charge on any atom is 0.279 e. The van der Waals surface area contributed by atoms with E-state index in [0.29, 0.717) is 22.7 Å². The van der Waals surface area contributed by atoms with Crippen LogP contribution in [0.1, 0.15) is 10.4 Å². The normalized spacial score (nSPS) is 11.8. The van der Waals surface area contributed by atoms with Gasteiger partial charge in [-0.2, -0.15) is 4.99 Å². The van der Waals surface area contributed by atoms with Crippen molar-refractivity contribution in [3.05, 3.63) is 83.7 Å². The molecule has 1 heterocycles. The third-order valence-corrected chi connectivity index (χ3v) is 5.55. The number of amides is 1. The SMILES string of the molecule is C=CCn1c(=NC(=O)c2ccc(OC)cc2)sc2c3ccccc3ccc21. The zero-order valence-corrected chi connectivity index (χ0v) is 15.7. The van der Waals surface area contributed by atoms with E-state index in [4.69, 9.17) is 4.74 Å². The molecule has 4 nitrogen and oxygen atoms in total. The first-order valence-electron chi connectivity index (χ1n) is 8.56. The Balaban J connectivity index is 1.89. The number of fused-ring (bicyclic) bond motifs is 3. The number of hydrogen-bond acceptors (Lipinski definition) is 3. The Hall–Kier alpha value is -3.18. The summed E-state index contributed by atoms with van der Waals surface area (Å²) in [6, 6.07) is 19.4. The molecule has 0 N–H and O–H groups in total. The molecule has 0 radical (unpaired) electrons. The lowest BCUT2D eigenvalue weighted by molar-refractivity contribution is 0.0998. The minimum atomic E-state index is -0.272. The highest BCUT2D eigenvalue weighted by atomic mass is 32.1. The quantitative estimate of drug-likeness (QED) is 0.482. The standard InChI is InChI=1S/C22H18N2O2S/c1-3-14-24-19-13-10-15-6-4-5-7-18(15)20(19)27-22(24)23-21(25)16-8-11-17(26-2)12-9-16/h3-13H,1,14H2,2H3. The van der Waals surface area contributed by atoms with E-state index in [1.807, 2.05) is 22.8 Å². The van der Waals surface area contributed by atoms with Gasteiger partial charge in [0, 0.05) is 17.5 Å². The van der Waals surface area contributed by atoms with Crippen molar-refractivity contribution in [1.82, 2.24) is 4.57 Å². The smallest absolute Gasteiger partial charge is 0.279 e. The van der Waals surface area contributed by atoms with Gasteiger partial charge in [-0.1, -0.05) is 47.7 Å². The summed E-state index contributed by atoms with van der Waals surface area (Å²) in [5, 5.41) is 2.33. The highest BCUT2D eigenvalue weighted by Gasteiger charge is 2.11. The van der Waals surface area contributed by atoms with E-state index in [-0.39, 0.29) is 5.91 Å². The van der Waals surface area contributed by atoms with Gasteiger partial charge in [-0.15, -0.1) is 6.58 Å². The minimum Gasteiger partial charge on any atom is -0.497 e. The van der Waals surface area contributed by atoms with Crippen molar-refractivity contribution in [2.24, 2.45) is 4.99 Å². The lowest BCUT2D eigenvalue weighted by Gasteiger charge is -2.03. The number of ether oxygens (including phenoxy) is 1. The van der Waals surface area contributed by atoms with Crippen molar-refractivity contribution in [2.45, 2.75) is 6.54 Å². The number of methoxy groups -OCH3 is 1. The number of nitrogens with zero attached hydrogens (tertiary/aromatic N) is 2. The summed E-state index contributed by atoms with van der Waals surface area (Å²) in [4.78, 5) is 17.7. The summed E-state index contributed by atoms with van der Waals surface area (Å²) in [7, 11) is 1.60. The number of carbonyl (C=O) groups excluding carboxylic acids is 1. The fourth-order valence-corrected chi connectivity index (χ4v) is 4.25. The number of rotatable bonds is 4. The van der Waals surface area contributed by atoms with Gasteiger partial charge in [0.1, 0.15) is 5.75 Å². The molecular weight excluding hydrogens is 356 g/mol. The van der Waals surface area contributed by atoms with Gasteiger partial charge in [-0.25, -0.2) is 0 Å². The third kappa shape index (κ3) is 3.17. The van der Waals surface area contributed by atoms with Gasteiger partial charge in [0.05, 0.1) is 17.3 Å². The van der Waals surface area contributed by atoms with Crippen LogP contribution in [0.15, 0.2) is 78.3 Å². The van der Waals surface area contributed by atoms with Crippen molar-refractivity contribution in [2.75, 3.05) is 7.11 Å². The van der Waals surface area contributed by atoms with Crippen LogP contribution in [0.4, 0.5) is 0 Å². The first-order valence-corrected chi connectivity index (χ1v) is 9.38. The lowest BCUT2D eigenvalue weighted by Crippen LogP contribution is -2.16. The lowest BCUT2D eigenvalue weighted by atomic mass is 10.1. The summed E-state index contributed by atoms with van der Waals surface area (Å²) in [5.74, 6) is 0.438. The zero-order valence-electron chi connectivity index (χ0n) is 14.9. The van der Waals surface area contributed by atoms with Crippen LogP contribution in [0.5, 0.6) is 5.75 Å². The second-order valence-electron chi connectivity index (χ2n) is 6.06. The van der Waals surface area contributed by atoms with E-state index in [1.54, 1.807) is 31.4 Å². The van der Waals surface area contributed by atoms with Crippen LogP contribution < -0.4 is 9.54 Å². The second kappa shape index (κ2) is 7.21. The summed E-state index contributed by atoms with van der Waals surface area (Å²) >= 11 is 1.53. The van der Waals surface area contributed by atoms with Crippen LogP contribution in [0, 0.1) is 0 Å². The number of benzene rings is 3. The Morgan fingerprint density at radius 2 is 1.93 bits per heavy atom. The number of carbonyl (C=O) groups is 1. The molecule has 0 atom stereocenters. The number of allylic oxidation sites excluding steroid dienone is 1. The summed E-state index contributed by atoms with van der Waals surface area (Å²) < 4.78 is 8.29. The van der Waals surface area contributed by atoms with Crippen LogP contribution in [0.3, 0.4) is 0 Å². The van der Waals surface area contributed by atoms with Crippen molar-refractivity contribution in [3.63, 3.8) is 0 Å². The maximum absolute atomic E-state index is 12.7. The van der Waals surface area contributed by atoms with Gasteiger partial charge in [0.25, 0.3) is 5.91 Å². The third-order valence-electron chi connectivity index (χ3n) is 4.42. The molecule has 1 aromatic heterocycles. The largest absolute Gasteiger partial charge is 0.497 e. The van der Waals surface area contributed by atoms with Crippen LogP contribution in [-0.2, 0) is 6.54 Å². The molecule has 27 heavy (non-hydrogen) atoms. The Morgan fingerprint density at radius 3 is 2.67 bits per heavy atom. The molecule has 4 rings (SSSR count). The Kier molecular flexibility index (Phi) is 4.60. The van der Waals surface area contributed by atoms with E-state index < -0.39 is 0 Å². The minimum absolute atomic E-state index is 0.272. The molecule has 3 aromatic carbocycles. The van der Waals surface area contributed by atoms with Crippen LogP contribution in [0.25, 0.3) is 21.0 Å². The molecular formula is C22H18N2O2S. The molecule has 5 heteroatoms. The molecule has 0 spiro atoms. The molecule has 0 aliphatic rings. The van der Waals surface area contributed by atoms with Gasteiger partial charge in [0.2, 0.25) is 0 Å². The van der Waals surface area contributed by atoms with E-state index in [9.17, 15) is 4.79 Å². The predicted octanol–water partition coefficient (Wildman–Crippen LogP) is 4.79. The van der Waals surface area contributed by atoms with E-state index in [2.05, 4.69) is 35.8 Å². The molecule has 0 aliphatic carbocycles. The zero-order chi connectivity index (χ0) is 18.8. The molecule has 0 bridgehead atoms. The highest BCUT2D eigenvalue weighted by Crippen LogP contribution is 2.27.